The number of rotatable bonds is 7. The van der Waals surface area contributed by atoms with Gasteiger partial charge in [-0.05, 0) is 29.5 Å². The Morgan fingerprint density at radius 1 is 1.20 bits per heavy atom. The van der Waals surface area contributed by atoms with E-state index in [-0.39, 0.29) is 17.9 Å². The molecule has 136 valence electrons. The molecule has 0 unspecified atom stereocenters. The Hall–Kier alpha value is -2.06. The van der Waals surface area contributed by atoms with Crippen LogP contribution in [0.2, 0.25) is 0 Å². The molecule has 0 saturated carbocycles. The number of piperazine rings is 1. The van der Waals surface area contributed by atoms with Gasteiger partial charge in [0.05, 0.1) is 6.07 Å². The maximum Gasteiger partial charge on any atom is 0.260 e. The summed E-state index contributed by atoms with van der Waals surface area (Å²) < 4.78 is 5.67. The molecule has 1 saturated heterocycles. The molecule has 2 rings (SSSR count). The molecule has 5 nitrogen and oxygen atoms in total. The monoisotopic (exact) mass is 343 g/mol. The SMILES string of the molecule is CCC(C)(C)c1ccc(OCC(=O)N2CCN(CCC#N)CC2)cc1. The molecule has 0 spiro atoms. The van der Waals surface area contributed by atoms with E-state index in [4.69, 9.17) is 10.00 Å². The van der Waals surface area contributed by atoms with E-state index < -0.39 is 0 Å². The van der Waals surface area contributed by atoms with Gasteiger partial charge in [0.25, 0.3) is 5.91 Å². The Bertz CT molecular complexity index is 596. The maximum absolute atomic E-state index is 12.3. The first-order chi connectivity index (χ1) is 12.0. The summed E-state index contributed by atoms with van der Waals surface area (Å²) in [7, 11) is 0. The van der Waals surface area contributed by atoms with Crippen molar-refractivity contribution < 1.29 is 9.53 Å². The van der Waals surface area contributed by atoms with Crippen molar-refractivity contribution >= 4 is 5.91 Å². The smallest absolute Gasteiger partial charge is 0.260 e. The quantitative estimate of drug-likeness (QED) is 0.764. The van der Waals surface area contributed by atoms with Gasteiger partial charge in [-0.2, -0.15) is 5.26 Å². The van der Waals surface area contributed by atoms with Gasteiger partial charge in [-0.15, -0.1) is 0 Å². The standard InChI is InChI=1S/C20H29N3O2/c1-4-20(2,3)17-6-8-18(9-7-17)25-16-19(24)23-14-12-22(13-15-23)11-5-10-21/h6-9H,4-5,11-16H2,1-3H3. The topological polar surface area (TPSA) is 56.6 Å². The highest BCUT2D eigenvalue weighted by Crippen LogP contribution is 2.28. The molecule has 0 aromatic heterocycles. The Kier molecular flexibility index (Phi) is 6.83. The van der Waals surface area contributed by atoms with Gasteiger partial charge in [0, 0.05) is 39.1 Å². The van der Waals surface area contributed by atoms with Crippen molar-refractivity contribution in [1.82, 2.24) is 9.80 Å². The number of ether oxygens (including phenoxy) is 1. The molecule has 1 amide bonds. The van der Waals surface area contributed by atoms with Crippen LogP contribution in [-0.2, 0) is 10.2 Å². The number of hydrogen-bond donors (Lipinski definition) is 0. The van der Waals surface area contributed by atoms with E-state index in [0.29, 0.717) is 19.5 Å². The summed E-state index contributed by atoms with van der Waals surface area (Å²) in [6, 6.07) is 10.2. The van der Waals surface area contributed by atoms with Gasteiger partial charge in [0.2, 0.25) is 0 Å². The minimum atomic E-state index is 0.0258. The first-order valence-electron chi connectivity index (χ1n) is 9.06. The summed E-state index contributed by atoms with van der Waals surface area (Å²) in [6.07, 6.45) is 1.62. The Balaban J connectivity index is 1.78. The van der Waals surface area contributed by atoms with Crippen LogP contribution in [0, 0.1) is 11.3 Å². The van der Waals surface area contributed by atoms with Crippen LogP contribution in [0.15, 0.2) is 24.3 Å². The van der Waals surface area contributed by atoms with E-state index in [1.165, 1.54) is 5.56 Å². The molecule has 0 bridgehead atoms. The maximum atomic E-state index is 12.3. The van der Waals surface area contributed by atoms with Gasteiger partial charge < -0.3 is 9.64 Å². The van der Waals surface area contributed by atoms with Crippen molar-refractivity contribution in [2.75, 3.05) is 39.3 Å². The average molecular weight is 343 g/mol. The highest BCUT2D eigenvalue weighted by atomic mass is 16.5. The van der Waals surface area contributed by atoms with Gasteiger partial charge in [-0.3, -0.25) is 9.69 Å². The second kappa shape index (κ2) is 8.87. The molecule has 1 aromatic carbocycles. The van der Waals surface area contributed by atoms with Crippen molar-refractivity contribution in [3.63, 3.8) is 0 Å². The number of carbonyl (C=O) groups is 1. The zero-order valence-corrected chi connectivity index (χ0v) is 15.6. The molecule has 1 fully saturated rings. The van der Waals surface area contributed by atoms with Gasteiger partial charge in [-0.1, -0.05) is 32.9 Å². The van der Waals surface area contributed by atoms with Gasteiger partial charge in [0.15, 0.2) is 6.61 Å². The molecule has 0 N–H and O–H groups in total. The van der Waals surface area contributed by atoms with Crippen LogP contribution in [-0.4, -0.2) is 55.0 Å². The van der Waals surface area contributed by atoms with Crippen LogP contribution in [0.25, 0.3) is 0 Å². The minimum absolute atomic E-state index is 0.0258. The highest BCUT2D eigenvalue weighted by molar-refractivity contribution is 5.77. The van der Waals surface area contributed by atoms with E-state index in [2.05, 4.69) is 43.9 Å². The third kappa shape index (κ3) is 5.47. The lowest BCUT2D eigenvalue weighted by Crippen LogP contribution is -2.50. The number of benzene rings is 1. The van der Waals surface area contributed by atoms with E-state index in [1.54, 1.807) is 0 Å². The highest BCUT2D eigenvalue weighted by Gasteiger charge is 2.21. The van der Waals surface area contributed by atoms with Crippen molar-refractivity contribution in [2.24, 2.45) is 0 Å². The summed E-state index contributed by atoms with van der Waals surface area (Å²) in [5, 5.41) is 8.63. The van der Waals surface area contributed by atoms with Crippen LogP contribution in [0.5, 0.6) is 5.75 Å². The fraction of sp³-hybridized carbons (Fsp3) is 0.600. The molecule has 25 heavy (non-hydrogen) atoms. The number of nitriles is 1. The van der Waals surface area contributed by atoms with Crippen molar-refractivity contribution in [2.45, 2.75) is 39.0 Å². The molecule has 1 aliphatic rings. The fourth-order valence-electron chi connectivity index (χ4n) is 2.87. The van der Waals surface area contributed by atoms with Gasteiger partial charge in [-0.25, -0.2) is 0 Å². The van der Waals surface area contributed by atoms with Gasteiger partial charge >= 0.3 is 0 Å². The van der Waals surface area contributed by atoms with Crippen LogP contribution >= 0.6 is 0 Å². The number of amides is 1. The lowest BCUT2D eigenvalue weighted by molar-refractivity contribution is -0.135. The average Bonchev–Trinajstić information content (AvgIpc) is 2.65. The molecule has 1 aliphatic heterocycles. The lowest BCUT2D eigenvalue weighted by atomic mass is 9.82. The molecule has 1 heterocycles. The molecule has 1 aromatic rings. The first-order valence-corrected chi connectivity index (χ1v) is 9.06. The Morgan fingerprint density at radius 3 is 2.40 bits per heavy atom. The third-order valence-corrected chi connectivity index (χ3v) is 5.15. The van der Waals surface area contributed by atoms with E-state index in [1.807, 2.05) is 17.0 Å². The zero-order valence-electron chi connectivity index (χ0n) is 15.6. The van der Waals surface area contributed by atoms with Crippen molar-refractivity contribution in [3.8, 4) is 11.8 Å². The molecular formula is C20H29N3O2. The third-order valence-electron chi connectivity index (χ3n) is 5.15. The van der Waals surface area contributed by atoms with Crippen LogP contribution in [0.3, 0.4) is 0 Å². The van der Waals surface area contributed by atoms with Crippen LogP contribution in [0.4, 0.5) is 0 Å². The fourth-order valence-corrected chi connectivity index (χ4v) is 2.87. The predicted octanol–water partition coefficient (Wildman–Crippen LogP) is 2.81. The normalized spacial score (nSPS) is 15.7. The lowest BCUT2D eigenvalue weighted by Gasteiger charge is -2.34. The van der Waals surface area contributed by atoms with E-state index in [9.17, 15) is 4.79 Å². The van der Waals surface area contributed by atoms with E-state index >= 15 is 0 Å². The minimum Gasteiger partial charge on any atom is -0.484 e. The summed E-state index contributed by atoms with van der Waals surface area (Å²) in [4.78, 5) is 16.4. The van der Waals surface area contributed by atoms with Crippen molar-refractivity contribution in [3.05, 3.63) is 29.8 Å². The van der Waals surface area contributed by atoms with Crippen LogP contribution in [0.1, 0.15) is 39.2 Å². The summed E-state index contributed by atoms with van der Waals surface area (Å²) in [5.41, 5.74) is 1.43. The summed E-state index contributed by atoms with van der Waals surface area (Å²) in [6.45, 7) is 10.6. The molecule has 0 aliphatic carbocycles. The molecule has 0 radical (unpaired) electrons. The second-order valence-corrected chi connectivity index (χ2v) is 7.18. The number of carbonyl (C=O) groups excluding carboxylic acids is 1. The zero-order chi connectivity index (χ0) is 18.3. The molecular weight excluding hydrogens is 314 g/mol. The second-order valence-electron chi connectivity index (χ2n) is 7.18. The summed E-state index contributed by atoms with van der Waals surface area (Å²) in [5.74, 6) is 0.759. The summed E-state index contributed by atoms with van der Waals surface area (Å²) >= 11 is 0. The number of nitrogens with zero attached hydrogens (tertiary/aromatic N) is 3. The Morgan fingerprint density at radius 2 is 1.84 bits per heavy atom. The Labute approximate surface area is 151 Å². The molecule has 5 heteroatoms. The van der Waals surface area contributed by atoms with Gasteiger partial charge in [0.1, 0.15) is 5.75 Å². The van der Waals surface area contributed by atoms with Crippen molar-refractivity contribution in [1.29, 1.82) is 5.26 Å². The number of hydrogen-bond acceptors (Lipinski definition) is 4. The first kappa shape index (κ1) is 19.3. The van der Waals surface area contributed by atoms with Crippen LogP contribution < -0.4 is 4.74 Å². The van der Waals surface area contributed by atoms with E-state index in [0.717, 1.165) is 31.8 Å². The predicted molar refractivity (Wildman–Crippen MR) is 98.5 cm³/mol. The largest absolute Gasteiger partial charge is 0.484 e. The molecule has 0 atom stereocenters.